The van der Waals surface area contributed by atoms with E-state index in [2.05, 4.69) is 19.1 Å². The number of likely N-dealkylation sites (tertiary alicyclic amines) is 1. The van der Waals surface area contributed by atoms with Gasteiger partial charge >= 0.3 is 5.97 Å². The maximum atomic E-state index is 13.8. The predicted octanol–water partition coefficient (Wildman–Crippen LogP) is 3.29. The van der Waals surface area contributed by atoms with E-state index in [4.69, 9.17) is 4.74 Å². The van der Waals surface area contributed by atoms with Crippen molar-refractivity contribution in [2.75, 3.05) is 13.7 Å². The Labute approximate surface area is 155 Å². The molecule has 1 heterocycles. The smallest absolute Gasteiger partial charge is 0.305 e. The molecule has 2 atom stereocenters. The standard InChI is InChI=1S/C21H29NO4/c1-15-8-4-5-9-18(15)21(10-6-3-7-11-21)20(25)22-14-17(26-2)12-16(22)13-19(23)24/h4-5,8-9,16-17H,3,6-7,10-14H2,1-2H3,(H,23,24). The summed E-state index contributed by atoms with van der Waals surface area (Å²) in [6.45, 7) is 2.55. The zero-order valence-electron chi connectivity index (χ0n) is 15.7. The predicted molar refractivity (Wildman–Crippen MR) is 99.1 cm³/mol. The number of methoxy groups -OCH3 is 1. The molecule has 1 saturated carbocycles. The molecule has 0 bridgehead atoms. The third-order valence-corrected chi connectivity index (χ3v) is 6.16. The minimum atomic E-state index is -0.863. The van der Waals surface area contributed by atoms with Gasteiger partial charge in [-0.05, 0) is 37.3 Å². The van der Waals surface area contributed by atoms with Crippen LogP contribution in [0.15, 0.2) is 24.3 Å². The van der Waals surface area contributed by atoms with Gasteiger partial charge < -0.3 is 14.7 Å². The Hall–Kier alpha value is -1.88. The van der Waals surface area contributed by atoms with Crippen molar-refractivity contribution in [1.82, 2.24) is 4.90 Å². The van der Waals surface area contributed by atoms with Gasteiger partial charge in [-0.2, -0.15) is 0 Å². The van der Waals surface area contributed by atoms with Crippen LogP contribution in [-0.2, 0) is 19.7 Å². The fourth-order valence-electron chi connectivity index (χ4n) is 4.83. The van der Waals surface area contributed by atoms with Crippen molar-refractivity contribution >= 4 is 11.9 Å². The van der Waals surface area contributed by atoms with Crippen molar-refractivity contribution in [2.24, 2.45) is 0 Å². The molecule has 142 valence electrons. The molecule has 5 nitrogen and oxygen atoms in total. The lowest BCUT2D eigenvalue weighted by atomic mass is 9.67. The Kier molecular flexibility index (Phi) is 5.66. The van der Waals surface area contributed by atoms with Crippen LogP contribution in [0.25, 0.3) is 0 Å². The monoisotopic (exact) mass is 359 g/mol. The van der Waals surface area contributed by atoms with Gasteiger partial charge in [0.1, 0.15) is 0 Å². The van der Waals surface area contributed by atoms with Gasteiger partial charge in [0.05, 0.1) is 17.9 Å². The molecule has 2 unspecified atom stereocenters. The normalized spacial score (nSPS) is 25.2. The first kappa shape index (κ1) is 18.9. The van der Waals surface area contributed by atoms with Gasteiger partial charge in [-0.3, -0.25) is 9.59 Å². The highest BCUT2D eigenvalue weighted by Gasteiger charge is 2.48. The molecule has 2 fully saturated rings. The fourth-order valence-corrected chi connectivity index (χ4v) is 4.83. The average molecular weight is 359 g/mol. The molecule has 1 aromatic rings. The summed E-state index contributed by atoms with van der Waals surface area (Å²) in [5.41, 5.74) is 1.72. The quantitative estimate of drug-likeness (QED) is 0.876. The van der Waals surface area contributed by atoms with Crippen LogP contribution in [0.5, 0.6) is 0 Å². The number of hydrogen-bond acceptors (Lipinski definition) is 3. The van der Waals surface area contributed by atoms with Gasteiger partial charge in [0.25, 0.3) is 0 Å². The number of carbonyl (C=O) groups excluding carboxylic acids is 1. The minimum Gasteiger partial charge on any atom is -0.481 e. The number of carboxylic acid groups (broad SMARTS) is 1. The van der Waals surface area contributed by atoms with Gasteiger partial charge in [0.2, 0.25) is 5.91 Å². The first-order valence-corrected chi connectivity index (χ1v) is 9.59. The van der Waals surface area contributed by atoms with E-state index in [0.717, 1.165) is 43.2 Å². The molecule has 0 radical (unpaired) electrons. The molecular formula is C21H29NO4. The van der Waals surface area contributed by atoms with Crippen LogP contribution >= 0.6 is 0 Å². The first-order valence-electron chi connectivity index (χ1n) is 9.59. The van der Waals surface area contributed by atoms with E-state index in [1.165, 1.54) is 0 Å². The molecule has 1 aromatic carbocycles. The number of carbonyl (C=O) groups is 2. The number of benzene rings is 1. The van der Waals surface area contributed by atoms with E-state index in [1.807, 2.05) is 12.1 Å². The van der Waals surface area contributed by atoms with Gasteiger partial charge in [0.15, 0.2) is 0 Å². The Morgan fingerprint density at radius 2 is 1.92 bits per heavy atom. The van der Waals surface area contributed by atoms with E-state index < -0.39 is 11.4 Å². The van der Waals surface area contributed by atoms with Crippen LogP contribution in [-0.4, -0.2) is 47.7 Å². The topological polar surface area (TPSA) is 66.8 Å². The number of carboxylic acids is 1. The molecule has 1 aliphatic heterocycles. The average Bonchev–Trinajstić information content (AvgIpc) is 3.04. The van der Waals surface area contributed by atoms with Crippen molar-refractivity contribution in [1.29, 1.82) is 0 Å². The van der Waals surface area contributed by atoms with Crippen LogP contribution in [0.4, 0.5) is 0 Å². The fraction of sp³-hybridized carbons (Fsp3) is 0.619. The van der Waals surface area contributed by atoms with E-state index in [1.54, 1.807) is 12.0 Å². The van der Waals surface area contributed by atoms with Crippen LogP contribution in [0, 0.1) is 6.92 Å². The van der Waals surface area contributed by atoms with E-state index in [-0.39, 0.29) is 24.5 Å². The highest BCUT2D eigenvalue weighted by atomic mass is 16.5. The third kappa shape index (κ3) is 3.50. The molecule has 5 heteroatoms. The molecule has 0 spiro atoms. The van der Waals surface area contributed by atoms with Crippen LogP contribution in [0.3, 0.4) is 0 Å². The van der Waals surface area contributed by atoms with Gasteiger partial charge in [-0.15, -0.1) is 0 Å². The van der Waals surface area contributed by atoms with Crippen LogP contribution in [0.1, 0.15) is 56.1 Å². The lowest BCUT2D eigenvalue weighted by Gasteiger charge is -2.41. The largest absolute Gasteiger partial charge is 0.481 e. The summed E-state index contributed by atoms with van der Waals surface area (Å²) in [4.78, 5) is 26.9. The van der Waals surface area contributed by atoms with Crippen LogP contribution in [0.2, 0.25) is 0 Å². The summed E-state index contributed by atoms with van der Waals surface area (Å²) in [5, 5.41) is 9.29. The SMILES string of the molecule is COC1CC(CC(=O)O)N(C(=O)C2(c3ccccc3C)CCCCC2)C1. The maximum Gasteiger partial charge on any atom is 0.305 e. The van der Waals surface area contributed by atoms with Crippen LogP contribution < -0.4 is 0 Å². The molecule has 1 aliphatic carbocycles. The van der Waals surface area contributed by atoms with Gasteiger partial charge in [-0.25, -0.2) is 0 Å². The summed E-state index contributed by atoms with van der Waals surface area (Å²) in [6.07, 6.45) is 5.39. The van der Waals surface area contributed by atoms with Gasteiger partial charge in [0, 0.05) is 19.7 Å². The zero-order valence-corrected chi connectivity index (χ0v) is 15.7. The second-order valence-corrected chi connectivity index (χ2v) is 7.76. The number of nitrogens with zero attached hydrogens (tertiary/aromatic N) is 1. The summed E-state index contributed by atoms with van der Waals surface area (Å²) in [6, 6.07) is 7.87. The summed E-state index contributed by atoms with van der Waals surface area (Å²) in [5.74, 6) is -0.768. The maximum absolute atomic E-state index is 13.8. The summed E-state index contributed by atoms with van der Waals surface area (Å²) >= 11 is 0. The van der Waals surface area contributed by atoms with E-state index in [9.17, 15) is 14.7 Å². The molecule has 2 aliphatic rings. The van der Waals surface area contributed by atoms with E-state index >= 15 is 0 Å². The Morgan fingerprint density at radius 1 is 1.23 bits per heavy atom. The number of ether oxygens (including phenoxy) is 1. The number of amides is 1. The summed E-state index contributed by atoms with van der Waals surface area (Å²) < 4.78 is 5.47. The number of aryl methyl sites for hydroxylation is 1. The lowest BCUT2D eigenvalue weighted by Crippen LogP contribution is -2.50. The summed E-state index contributed by atoms with van der Waals surface area (Å²) in [7, 11) is 1.63. The second kappa shape index (κ2) is 7.78. The third-order valence-electron chi connectivity index (χ3n) is 6.16. The van der Waals surface area contributed by atoms with Crippen molar-refractivity contribution < 1.29 is 19.4 Å². The van der Waals surface area contributed by atoms with Crippen molar-refractivity contribution in [3.05, 3.63) is 35.4 Å². The molecule has 1 saturated heterocycles. The number of hydrogen-bond donors (Lipinski definition) is 1. The molecule has 26 heavy (non-hydrogen) atoms. The second-order valence-electron chi connectivity index (χ2n) is 7.76. The Bertz CT molecular complexity index is 666. The highest BCUT2D eigenvalue weighted by molar-refractivity contribution is 5.89. The number of aliphatic carboxylic acids is 1. The van der Waals surface area contributed by atoms with Gasteiger partial charge in [-0.1, -0.05) is 43.5 Å². The molecule has 0 aromatic heterocycles. The first-order chi connectivity index (χ1) is 12.5. The highest BCUT2D eigenvalue weighted by Crippen LogP contribution is 2.43. The minimum absolute atomic E-state index is 0.0184. The van der Waals surface area contributed by atoms with Crippen molar-refractivity contribution in [3.63, 3.8) is 0 Å². The Balaban J connectivity index is 1.97. The van der Waals surface area contributed by atoms with Crippen molar-refractivity contribution in [3.8, 4) is 0 Å². The Morgan fingerprint density at radius 3 is 2.54 bits per heavy atom. The molecular weight excluding hydrogens is 330 g/mol. The van der Waals surface area contributed by atoms with Crippen molar-refractivity contribution in [2.45, 2.75) is 69.4 Å². The molecule has 1 amide bonds. The lowest BCUT2D eigenvalue weighted by molar-refractivity contribution is -0.143. The molecule has 1 N–H and O–H groups in total. The van der Waals surface area contributed by atoms with E-state index in [0.29, 0.717) is 13.0 Å². The number of rotatable bonds is 5. The zero-order chi connectivity index (χ0) is 18.7. The molecule has 3 rings (SSSR count).